The molecular weight excluding hydrogens is 574 g/mol. The van der Waals surface area contributed by atoms with Gasteiger partial charge in [-0.1, -0.05) is 64.5 Å². The summed E-state index contributed by atoms with van der Waals surface area (Å²) in [5, 5.41) is 2.78. The monoisotopic (exact) mass is 603 g/mol. The van der Waals surface area contributed by atoms with Gasteiger partial charge in [-0.05, 0) is 65.7 Å². The molecule has 206 valence electrons. The summed E-state index contributed by atoms with van der Waals surface area (Å²) in [5.74, 6) is 1.16. The van der Waals surface area contributed by atoms with Gasteiger partial charge in [-0.15, -0.1) is 0 Å². The Hall–Kier alpha value is -4.30. The third-order valence-corrected chi connectivity index (χ3v) is 6.43. The average Bonchev–Trinajstić information content (AvgIpc) is 2.99. The lowest BCUT2D eigenvalue weighted by atomic mass is 10.0. The lowest BCUT2D eigenvalue weighted by Gasteiger charge is -2.17. The fourth-order valence-electron chi connectivity index (χ4n) is 3.85. The Balaban J connectivity index is 1.27. The Kier molecular flexibility index (Phi) is 10.6. The Morgan fingerprint density at radius 2 is 1.38 bits per heavy atom. The molecule has 0 unspecified atom stereocenters. The molecule has 7 nitrogen and oxygen atoms in total. The molecular formula is C32H30BrNO6. The number of carbonyl (C=O) groups is 2. The van der Waals surface area contributed by atoms with E-state index in [1.807, 2.05) is 78.9 Å². The minimum absolute atomic E-state index is 0.274. The lowest BCUT2D eigenvalue weighted by molar-refractivity contribution is -0.142. The summed E-state index contributed by atoms with van der Waals surface area (Å²) in [5.41, 5.74) is 2.33. The maximum atomic E-state index is 12.9. The summed E-state index contributed by atoms with van der Waals surface area (Å²) < 4.78 is 23.1. The highest BCUT2D eigenvalue weighted by Crippen LogP contribution is 2.19. The van der Waals surface area contributed by atoms with Crippen LogP contribution in [0.25, 0.3) is 0 Å². The van der Waals surface area contributed by atoms with Gasteiger partial charge in [0.15, 0.2) is 0 Å². The number of rotatable bonds is 13. The topological polar surface area (TPSA) is 83.1 Å². The predicted molar refractivity (Wildman–Crippen MR) is 156 cm³/mol. The van der Waals surface area contributed by atoms with E-state index in [4.69, 9.17) is 18.9 Å². The zero-order valence-corrected chi connectivity index (χ0v) is 23.6. The molecule has 0 spiro atoms. The van der Waals surface area contributed by atoms with Crippen LogP contribution in [0.1, 0.15) is 21.5 Å². The lowest BCUT2D eigenvalue weighted by Crippen LogP contribution is -2.43. The van der Waals surface area contributed by atoms with Crippen molar-refractivity contribution in [3.8, 4) is 17.2 Å². The molecule has 0 aliphatic heterocycles. The normalized spacial score (nSPS) is 11.2. The molecule has 0 heterocycles. The van der Waals surface area contributed by atoms with E-state index in [0.29, 0.717) is 36.9 Å². The van der Waals surface area contributed by atoms with E-state index in [9.17, 15) is 9.59 Å². The zero-order chi connectivity index (χ0) is 28.2. The summed E-state index contributed by atoms with van der Waals surface area (Å²) >= 11 is 3.41. The van der Waals surface area contributed by atoms with E-state index in [0.717, 1.165) is 21.3 Å². The van der Waals surface area contributed by atoms with Crippen molar-refractivity contribution in [1.82, 2.24) is 5.32 Å². The van der Waals surface area contributed by atoms with Gasteiger partial charge in [-0.25, -0.2) is 4.79 Å². The Labute approximate surface area is 242 Å². The molecule has 4 aromatic carbocycles. The molecule has 0 aromatic heterocycles. The molecule has 0 fully saturated rings. The molecule has 1 amide bonds. The second-order valence-corrected chi connectivity index (χ2v) is 9.77. The van der Waals surface area contributed by atoms with Gasteiger partial charge in [0.2, 0.25) is 0 Å². The van der Waals surface area contributed by atoms with Crippen LogP contribution in [0.15, 0.2) is 108 Å². The van der Waals surface area contributed by atoms with E-state index >= 15 is 0 Å². The van der Waals surface area contributed by atoms with Crippen molar-refractivity contribution in [1.29, 1.82) is 0 Å². The summed E-state index contributed by atoms with van der Waals surface area (Å²) in [6, 6.07) is 30.7. The molecule has 0 saturated carbocycles. The van der Waals surface area contributed by atoms with Gasteiger partial charge in [0.1, 0.15) is 43.1 Å². The minimum Gasteiger partial charge on any atom is -0.490 e. The molecule has 0 bridgehead atoms. The van der Waals surface area contributed by atoms with Crippen molar-refractivity contribution in [2.45, 2.75) is 19.1 Å². The van der Waals surface area contributed by atoms with Crippen molar-refractivity contribution < 1.29 is 28.5 Å². The Bertz CT molecular complexity index is 1380. The van der Waals surface area contributed by atoms with Crippen LogP contribution >= 0.6 is 15.9 Å². The Morgan fingerprint density at radius 3 is 2.05 bits per heavy atom. The first kappa shape index (κ1) is 28.7. The smallest absolute Gasteiger partial charge is 0.328 e. The van der Waals surface area contributed by atoms with Crippen molar-refractivity contribution in [3.63, 3.8) is 0 Å². The van der Waals surface area contributed by atoms with Crippen LogP contribution in [0, 0.1) is 0 Å². The van der Waals surface area contributed by atoms with Crippen molar-refractivity contribution in [2.75, 3.05) is 20.3 Å². The van der Waals surface area contributed by atoms with Gasteiger partial charge >= 0.3 is 5.97 Å². The maximum Gasteiger partial charge on any atom is 0.328 e. The van der Waals surface area contributed by atoms with E-state index in [-0.39, 0.29) is 12.3 Å². The van der Waals surface area contributed by atoms with Gasteiger partial charge in [0.05, 0.1) is 7.11 Å². The largest absolute Gasteiger partial charge is 0.490 e. The van der Waals surface area contributed by atoms with Gasteiger partial charge in [0.25, 0.3) is 5.91 Å². The third kappa shape index (κ3) is 8.88. The number of hydrogen-bond donors (Lipinski definition) is 1. The van der Waals surface area contributed by atoms with Crippen LogP contribution in [0.5, 0.6) is 17.2 Å². The number of hydrogen-bond acceptors (Lipinski definition) is 6. The molecule has 1 N–H and O–H groups in total. The highest BCUT2D eigenvalue weighted by molar-refractivity contribution is 9.10. The standard InChI is InChI=1S/C32H30BrNO6/c1-37-32(36)30(20-23-10-14-28(15-11-23)40-22-24-6-3-2-4-7-24)34-31(35)25-12-16-27(17-13-25)38-18-19-39-29-9-5-8-26(33)21-29/h2-17,21,30H,18-20,22H2,1H3,(H,34,35)/t30-/m0/s1. The van der Waals surface area contributed by atoms with Crippen LogP contribution in [0.4, 0.5) is 0 Å². The molecule has 0 aliphatic rings. The Morgan fingerprint density at radius 1 is 0.725 bits per heavy atom. The SMILES string of the molecule is COC(=O)[C@H](Cc1ccc(OCc2ccccc2)cc1)NC(=O)c1ccc(OCCOc2cccc(Br)c2)cc1. The molecule has 1 atom stereocenters. The number of methoxy groups -OCH3 is 1. The summed E-state index contributed by atoms with van der Waals surface area (Å²) in [6.45, 7) is 1.18. The fourth-order valence-corrected chi connectivity index (χ4v) is 4.23. The highest BCUT2D eigenvalue weighted by atomic mass is 79.9. The third-order valence-electron chi connectivity index (χ3n) is 5.94. The van der Waals surface area contributed by atoms with Gasteiger partial charge in [-0.2, -0.15) is 0 Å². The number of nitrogens with one attached hydrogen (secondary N) is 1. The van der Waals surface area contributed by atoms with Crippen LogP contribution in [-0.2, 0) is 22.6 Å². The van der Waals surface area contributed by atoms with E-state index < -0.39 is 12.0 Å². The molecule has 0 radical (unpaired) electrons. The first-order chi connectivity index (χ1) is 19.5. The number of carbonyl (C=O) groups excluding carboxylic acids is 2. The minimum atomic E-state index is -0.848. The molecule has 8 heteroatoms. The van der Waals surface area contributed by atoms with Gasteiger partial charge in [0, 0.05) is 16.5 Å². The quantitative estimate of drug-likeness (QED) is 0.149. The van der Waals surface area contributed by atoms with Crippen LogP contribution < -0.4 is 19.5 Å². The fraction of sp³-hybridized carbons (Fsp3) is 0.188. The number of amides is 1. The van der Waals surface area contributed by atoms with E-state index in [1.165, 1.54) is 7.11 Å². The molecule has 4 aromatic rings. The molecule has 0 aliphatic carbocycles. The molecule has 40 heavy (non-hydrogen) atoms. The zero-order valence-electron chi connectivity index (χ0n) is 22.0. The van der Waals surface area contributed by atoms with Crippen LogP contribution in [-0.4, -0.2) is 38.2 Å². The molecule has 4 rings (SSSR count). The first-order valence-corrected chi connectivity index (χ1v) is 13.5. The summed E-state index contributed by atoms with van der Waals surface area (Å²) in [4.78, 5) is 25.3. The first-order valence-electron chi connectivity index (χ1n) is 12.8. The number of ether oxygens (including phenoxy) is 4. The van der Waals surface area contributed by atoms with Gasteiger partial charge < -0.3 is 24.3 Å². The second kappa shape index (κ2) is 14.7. The van der Waals surface area contributed by atoms with Crippen molar-refractivity contribution in [2.24, 2.45) is 0 Å². The number of benzene rings is 4. The van der Waals surface area contributed by atoms with Gasteiger partial charge in [-0.3, -0.25) is 4.79 Å². The molecule has 0 saturated heterocycles. The van der Waals surface area contributed by atoms with Crippen LogP contribution in [0.2, 0.25) is 0 Å². The second-order valence-electron chi connectivity index (χ2n) is 8.85. The average molecular weight is 604 g/mol. The van der Waals surface area contributed by atoms with E-state index in [2.05, 4.69) is 21.2 Å². The van der Waals surface area contributed by atoms with Crippen molar-refractivity contribution >= 4 is 27.8 Å². The predicted octanol–water partition coefficient (Wildman–Crippen LogP) is 6.00. The van der Waals surface area contributed by atoms with Crippen molar-refractivity contribution in [3.05, 3.63) is 124 Å². The number of halogens is 1. The van der Waals surface area contributed by atoms with E-state index in [1.54, 1.807) is 24.3 Å². The number of esters is 1. The summed E-state index contributed by atoms with van der Waals surface area (Å²) in [6.07, 6.45) is 0.274. The highest BCUT2D eigenvalue weighted by Gasteiger charge is 2.22. The van der Waals surface area contributed by atoms with Crippen LogP contribution in [0.3, 0.4) is 0 Å². The summed E-state index contributed by atoms with van der Waals surface area (Å²) in [7, 11) is 1.30. The maximum absolute atomic E-state index is 12.9.